The van der Waals surface area contributed by atoms with Crippen molar-refractivity contribution in [3.05, 3.63) is 119 Å². The van der Waals surface area contributed by atoms with E-state index in [-0.39, 0.29) is 12.4 Å². The molecule has 0 aliphatic heterocycles. The van der Waals surface area contributed by atoms with Crippen LogP contribution >= 0.6 is 0 Å². The fourth-order valence-corrected chi connectivity index (χ4v) is 4.94. The maximum Gasteiger partial charge on any atom is 0.271 e. The number of halogens is 1. The third kappa shape index (κ3) is 6.13. The number of hydrazone groups is 1. The highest BCUT2D eigenvalue weighted by molar-refractivity contribution is 7.92. The van der Waals surface area contributed by atoms with Gasteiger partial charge < -0.3 is 4.57 Å². The van der Waals surface area contributed by atoms with Crippen LogP contribution in [0, 0.1) is 19.7 Å². The van der Waals surface area contributed by atoms with E-state index in [1.807, 2.05) is 30.5 Å². The van der Waals surface area contributed by atoms with Gasteiger partial charge in [-0.2, -0.15) is 5.10 Å². The molecule has 1 N–H and O–H groups in total. The molecule has 0 fully saturated rings. The van der Waals surface area contributed by atoms with Crippen LogP contribution in [0.4, 0.5) is 10.1 Å². The van der Waals surface area contributed by atoms with Gasteiger partial charge in [-0.05, 0) is 74.0 Å². The first-order valence-corrected chi connectivity index (χ1v) is 13.4. The predicted molar refractivity (Wildman–Crippen MR) is 144 cm³/mol. The fraction of sp³-hybridized carbons (Fsp3) is 0.143. The number of anilines is 1. The molecule has 0 atom stereocenters. The van der Waals surface area contributed by atoms with E-state index >= 15 is 0 Å². The van der Waals surface area contributed by atoms with Crippen LogP contribution < -0.4 is 9.73 Å². The Morgan fingerprint density at radius 2 is 1.65 bits per heavy atom. The Bertz CT molecular complexity index is 1530. The Morgan fingerprint density at radius 3 is 2.27 bits per heavy atom. The summed E-state index contributed by atoms with van der Waals surface area (Å²) in [6.45, 7) is 4.01. The molecular formula is C28H27FN4O3S. The number of aryl methyl sites for hydroxylation is 1. The van der Waals surface area contributed by atoms with E-state index in [4.69, 9.17) is 0 Å². The number of carbonyl (C=O) groups excluding carboxylic acids is 1. The standard InChI is InChI=1S/C28H27FN4O3S/c1-20-17-24(21(2)33(20)27-15-13-25(29)14-16-27)18-30-31-28(34)23-11-9-22(10-12-23)19-32(37(3,35)36)26-7-5-4-6-8-26/h4-18H,19H2,1-3H3,(H,31,34)/b30-18+. The van der Waals surface area contributed by atoms with Crippen molar-refractivity contribution in [3.63, 3.8) is 0 Å². The maximum absolute atomic E-state index is 13.3. The molecule has 0 saturated carbocycles. The largest absolute Gasteiger partial charge is 0.318 e. The lowest BCUT2D eigenvalue weighted by atomic mass is 10.1. The number of hydrogen-bond acceptors (Lipinski definition) is 4. The zero-order valence-corrected chi connectivity index (χ0v) is 21.5. The van der Waals surface area contributed by atoms with Gasteiger partial charge in [-0.1, -0.05) is 30.3 Å². The van der Waals surface area contributed by atoms with E-state index in [0.29, 0.717) is 11.3 Å². The van der Waals surface area contributed by atoms with E-state index in [1.54, 1.807) is 66.9 Å². The van der Waals surface area contributed by atoms with E-state index in [1.165, 1.54) is 16.4 Å². The molecular weight excluding hydrogens is 491 g/mol. The Hall–Kier alpha value is -4.24. The lowest BCUT2D eigenvalue weighted by molar-refractivity contribution is 0.0955. The molecule has 0 spiro atoms. The van der Waals surface area contributed by atoms with Gasteiger partial charge in [0.2, 0.25) is 10.0 Å². The Morgan fingerprint density at radius 1 is 1.00 bits per heavy atom. The lowest BCUT2D eigenvalue weighted by Gasteiger charge is -2.22. The van der Waals surface area contributed by atoms with Gasteiger partial charge in [-0.3, -0.25) is 9.10 Å². The first-order chi connectivity index (χ1) is 17.6. The molecule has 4 aromatic rings. The number of nitrogens with zero attached hydrogens (tertiary/aromatic N) is 3. The fourth-order valence-electron chi connectivity index (χ4n) is 4.05. The highest BCUT2D eigenvalue weighted by Gasteiger charge is 2.18. The number of aromatic nitrogens is 1. The lowest BCUT2D eigenvalue weighted by Crippen LogP contribution is -2.29. The third-order valence-electron chi connectivity index (χ3n) is 5.91. The third-order valence-corrected chi connectivity index (χ3v) is 7.05. The summed E-state index contributed by atoms with van der Waals surface area (Å²) < 4.78 is 41.2. The summed E-state index contributed by atoms with van der Waals surface area (Å²) in [5, 5.41) is 4.10. The van der Waals surface area contributed by atoms with Crippen LogP contribution in [0.25, 0.3) is 5.69 Å². The summed E-state index contributed by atoms with van der Waals surface area (Å²) in [4.78, 5) is 12.6. The quantitative estimate of drug-likeness (QED) is 0.264. The molecule has 37 heavy (non-hydrogen) atoms. The molecule has 1 aromatic heterocycles. The number of hydrogen-bond donors (Lipinski definition) is 1. The molecule has 0 unspecified atom stereocenters. The van der Waals surface area contributed by atoms with Crippen molar-refractivity contribution in [1.29, 1.82) is 0 Å². The first kappa shape index (κ1) is 25.8. The van der Waals surface area contributed by atoms with Gasteiger partial charge in [0.25, 0.3) is 5.91 Å². The van der Waals surface area contributed by atoms with Crippen molar-refractivity contribution in [1.82, 2.24) is 9.99 Å². The summed E-state index contributed by atoms with van der Waals surface area (Å²) in [5.74, 6) is -0.689. The highest BCUT2D eigenvalue weighted by Crippen LogP contribution is 2.21. The summed E-state index contributed by atoms with van der Waals surface area (Å²) in [7, 11) is -3.49. The molecule has 3 aromatic carbocycles. The van der Waals surface area contributed by atoms with Gasteiger partial charge in [0.05, 0.1) is 24.7 Å². The molecule has 0 aliphatic carbocycles. The van der Waals surface area contributed by atoms with Crippen LogP contribution in [0.1, 0.15) is 32.9 Å². The summed E-state index contributed by atoms with van der Waals surface area (Å²) in [5.41, 5.74) is 7.73. The van der Waals surface area contributed by atoms with E-state index in [2.05, 4.69) is 10.5 Å². The number of benzene rings is 3. The van der Waals surface area contributed by atoms with Crippen molar-refractivity contribution in [3.8, 4) is 5.69 Å². The smallest absolute Gasteiger partial charge is 0.271 e. The van der Waals surface area contributed by atoms with Gasteiger partial charge in [0.1, 0.15) is 5.82 Å². The molecule has 7 nitrogen and oxygen atoms in total. The second kappa shape index (κ2) is 10.8. The zero-order valence-electron chi connectivity index (χ0n) is 20.7. The molecule has 0 bridgehead atoms. The summed E-state index contributed by atoms with van der Waals surface area (Å²) in [6.07, 6.45) is 2.73. The Labute approximate surface area is 215 Å². The number of rotatable bonds is 8. The van der Waals surface area contributed by atoms with Gasteiger partial charge in [-0.25, -0.2) is 18.2 Å². The van der Waals surface area contributed by atoms with Crippen LogP contribution in [0.2, 0.25) is 0 Å². The summed E-state index contributed by atoms with van der Waals surface area (Å²) in [6, 6.07) is 23.7. The average molecular weight is 519 g/mol. The van der Waals surface area contributed by atoms with Gasteiger partial charge in [0.15, 0.2) is 0 Å². The number of nitrogens with one attached hydrogen (secondary N) is 1. The second-order valence-electron chi connectivity index (χ2n) is 8.64. The first-order valence-electron chi connectivity index (χ1n) is 11.5. The van der Waals surface area contributed by atoms with Crippen molar-refractivity contribution in [2.75, 3.05) is 10.6 Å². The van der Waals surface area contributed by atoms with Gasteiger partial charge in [0, 0.05) is 28.2 Å². The van der Waals surface area contributed by atoms with Gasteiger partial charge >= 0.3 is 0 Å². The molecule has 1 amide bonds. The highest BCUT2D eigenvalue weighted by atomic mass is 32.2. The second-order valence-corrected chi connectivity index (χ2v) is 10.5. The molecule has 9 heteroatoms. The van der Waals surface area contributed by atoms with E-state index in [9.17, 15) is 17.6 Å². The van der Waals surface area contributed by atoms with Crippen LogP contribution in [0.5, 0.6) is 0 Å². The Kier molecular flexibility index (Phi) is 7.54. The maximum atomic E-state index is 13.3. The topological polar surface area (TPSA) is 83.8 Å². The van der Waals surface area contributed by atoms with Crippen LogP contribution in [-0.4, -0.2) is 31.4 Å². The van der Waals surface area contributed by atoms with Gasteiger partial charge in [-0.15, -0.1) is 0 Å². The van der Waals surface area contributed by atoms with Crippen molar-refractivity contribution in [2.45, 2.75) is 20.4 Å². The molecule has 190 valence electrons. The number of para-hydroxylation sites is 1. The van der Waals surface area contributed by atoms with Crippen LogP contribution in [0.15, 0.2) is 90.0 Å². The predicted octanol–water partition coefficient (Wildman–Crippen LogP) is 4.96. The minimum Gasteiger partial charge on any atom is -0.318 e. The number of amides is 1. The van der Waals surface area contributed by atoms with E-state index in [0.717, 1.165) is 34.5 Å². The summed E-state index contributed by atoms with van der Waals surface area (Å²) >= 11 is 0. The minimum atomic E-state index is -3.49. The molecule has 0 radical (unpaired) electrons. The number of sulfonamides is 1. The minimum absolute atomic E-state index is 0.145. The van der Waals surface area contributed by atoms with E-state index < -0.39 is 15.9 Å². The molecule has 0 aliphatic rings. The molecule has 0 saturated heterocycles. The Balaban J connectivity index is 1.43. The average Bonchev–Trinajstić information content (AvgIpc) is 3.16. The zero-order chi connectivity index (χ0) is 26.6. The van der Waals surface area contributed by atoms with Crippen LogP contribution in [-0.2, 0) is 16.6 Å². The normalized spacial score (nSPS) is 11.6. The molecule has 1 heterocycles. The van der Waals surface area contributed by atoms with Crippen LogP contribution in [0.3, 0.4) is 0 Å². The monoisotopic (exact) mass is 518 g/mol. The van der Waals surface area contributed by atoms with Crippen molar-refractivity contribution >= 4 is 27.8 Å². The van der Waals surface area contributed by atoms with Crippen molar-refractivity contribution in [2.24, 2.45) is 5.10 Å². The van der Waals surface area contributed by atoms with Crippen molar-refractivity contribution < 1.29 is 17.6 Å². The SMILES string of the molecule is Cc1cc(/C=N/NC(=O)c2ccc(CN(c3ccccc3)S(C)(=O)=O)cc2)c(C)n1-c1ccc(F)cc1. The number of carbonyl (C=O) groups is 1. The molecule has 4 rings (SSSR count).